The fraction of sp³-hybridized carbons (Fsp3) is 0.262. The molecule has 2 aliphatic rings. The Morgan fingerprint density at radius 3 is 1.58 bits per heavy atom. The van der Waals surface area contributed by atoms with Crippen molar-refractivity contribution in [3.05, 3.63) is 179 Å². The Kier molecular flexibility index (Phi) is 10.3. The van der Waals surface area contributed by atoms with Crippen LogP contribution in [-0.4, -0.2) is 70.9 Å². The molecule has 8 nitrogen and oxygen atoms in total. The summed E-state index contributed by atoms with van der Waals surface area (Å²) in [7, 11) is 0. The molecule has 8 heteroatoms. The van der Waals surface area contributed by atoms with Crippen LogP contribution in [0.25, 0.3) is 0 Å². The van der Waals surface area contributed by atoms with Gasteiger partial charge in [0.2, 0.25) is 0 Å². The highest BCUT2D eigenvalue weighted by Gasteiger charge is 2.57. The van der Waals surface area contributed by atoms with E-state index in [2.05, 4.69) is 36.4 Å². The predicted octanol–water partition coefficient (Wildman–Crippen LogP) is 6.09. The molecule has 2 saturated heterocycles. The van der Waals surface area contributed by atoms with Crippen molar-refractivity contribution in [1.29, 1.82) is 0 Å². The van der Waals surface area contributed by atoms with Crippen LogP contribution in [0, 0.1) is 0 Å². The van der Waals surface area contributed by atoms with Gasteiger partial charge in [-0.2, -0.15) is 0 Å². The molecular formula is C42H41NO7. The number of fused-ring (bicyclic) bond motifs is 1. The van der Waals surface area contributed by atoms with Gasteiger partial charge in [0.25, 0.3) is 0 Å². The lowest BCUT2D eigenvalue weighted by Gasteiger charge is -2.39. The van der Waals surface area contributed by atoms with Crippen LogP contribution < -0.4 is 0 Å². The van der Waals surface area contributed by atoms with Crippen LogP contribution >= 0.6 is 0 Å². The molecule has 0 saturated carbocycles. The molecule has 0 aliphatic carbocycles. The fourth-order valence-electron chi connectivity index (χ4n) is 7.10. The summed E-state index contributed by atoms with van der Waals surface area (Å²) in [5.74, 6) is 0. The molecule has 0 radical (unpaired) electrons. The second kappa shape index (κ2) is 15.4. The summed E-state index contributed by atoms with van der Waals surface area (Å²) < 4.78 is 26.6. The van der Waals surface area contributed by atoms with Crippen molar-refractivity contribution in [3.63, 3.8) is 0 Å². The first kappa shape index (κ1) is 33.7. The van der Waals surface area contributed by atoms with Crippen LogP contribution in [0.1, 0.15) is 27.8 Å². The number of hydrogen-bond donors (Lipinski definition) is 2. The largest absolute Gasteiger partial charge is 0.441 e. The van der Waals surface area contributed by atoms with Crippen LogP contribution in [0.4, 0.5) is 4.79 Å². The molecule has 2 heterocycles. The highest BCUT2D eigenvalue weighted by Crippen LogP contribution is 2.42. The third-order valence-corrected chi connectivity index (χ3v) is 9.58. The molecule has 2 aliphatic heterocycles. The summed E-state index contributed by atoms with van der Waals surface area (Å²) in [6, 6.07) is 48.9. The quantitative estimate of drug-likeness (QED) is 0.138. The lowest BCUT2D eigenvalue weighted by molar-refractivity contribution is -0.166. The number of rotatable bonds is 14. The maximum atomic E-state index is 13.2. The van der Waals surface area contributed by atoms with Gasteiger partial charge in [0.1, 0.15) is 30.0 Å². The first-order valence-electron chi connectivity index (χ1n) is 17.0. The van der Waals surface area contributed by atoms with E-state index in [1.807, 2.05) is 115 Å². The summed E-state index contributed by atoms with van der Waals surface area (Å²) in [6.45, 7) is 0.411. The van der Waals surface area contributed by atoms with Crippen LogP contribution in [0.5, 0.6) is 0 Å². The van der Waals surface area contributed by atoms with E-state index >= 15 is 0 Å². The van der Waals surface area contributed by atoms with Crippen molar-refractivity contribution in [2.45, 2.75) is 55.4 Å². The van der Waals surface area contributed by atoms with Gasteiger partial charge in [-0.1, -0.05) is 152 Å². The van der Waals surface area contributed by atoms with E-state index in [1.54, 1.807) is 0 Å². The molecule has 2 fully saturated rings. The minimum atomic E-state index is -1.22. The lowest BCUT2D eigenvalue weighted by Crippen LogP contribution is -2.53. The minimum Gasteiger partial charge on any atom is -0.441 e. The smallest absolute Gasteiger partial charge is 0.410 e. The zero-order valence-electron chi connectivity index (χ0n) is 27.6. The Balaban J connectivity index is 1.31. The highest BCUT2D eigenvalue weighted by atomic mass is 16.6. The maximum absolute atomic E-state index is 13.2. The number of cyclic esters (lactones) is 1. The van der Waals surface area contributed by atoms with Crippen LogP contribution in [0.2, 0.25) is 0 Å². The third-order valence-electron chi connectivity index (χ3n) is 9.58. The van der Waals surface area contributed by atoms with E-state index in [9.17, 15) is 15.0 Å². The van der Waals surface area contributed by atoms with Crippen molar-refractivity contribution >= 4 is 6.09 Å². The number of carbonyl (C=O) groups is 1. The second-order valence-corrected chi connectivity index (χ2v) is 12.7. The molecule has 1 amide bonds. The molecule has 50 heavy (non-hydrogen) atoms. The Hall–Kier alpha value is -4.83. The van der Waals surface area contributed by atoms with Crippen LogP contribution in [-0.2, 0) is 37.8 Å². The van der Waals surface area contributed by atoms with Gasteiger partial charge in [-0.25, -0.2) is 4.79 Å². The van der Waals surface area contributed by atoms with Gasteiger partial charge < -0.3 is 29.2 Å². The molecule has 7 rings (SSSR count). The molecule has 0 unspecified atom stereocenters. The third kappa shape index (κ3) is 6.94. The van der Waals surface area contributed by atoms with E-state index in [-0.39, 0.29) is 26.4 Å². The number of hydrogen-bond acceptors (Lipinski definition) is 7. The zero-order chi connectivity index (χ0) is 34.3. The molecule has 0 aromatic heterocycles. The fourth-order valence-corrected chi connectivity index (χ4v) is 7.10. The summed E-state index contributed by atoms with van der Waals surface area (Å²) in [6.07, 6.45) is -5.58. The second-order valence-electron chi connectivity index (χ2n) is 12.7. The Labute approximate surface area is 292 Å². The Morgan fingerprint density at radius 1 is 0.660 bits per heavy atom. The number of amides is 1. The topological polar surface area (TPSA) is 97.7 Å². The standard InChI is InChI=1S/C42H41NO7/c44-35-26-43-37(38(35)45)40(50-41(43)46)39(48-28-31-18-8-2-9-19-31)36(47-27-30-16-6-1-7-17-30)29-49-42(32-20-10-3-11-21-32,33-22-12-4-13-23-33)34-24-14-5-15-25-34/h1-25,35-40,44-45H,26-29H2/t35-,36+,37-,38-,39-,40-/m1/s1. The minimum absolute atomic E-state index is 0.0182. The molecule has 0 spiro atoms. The van der Waals surface area contributed by atoms with Crippen molar-refractivity contribution in [3.8, 4) is 0 Å². The average molecular weight is 672 g/mol. The van der Waals surface area contributed by atoms with Crippen LogP contribution in [0.3, 0.4) is 0 Å². The normalized spacial score (nSPS) is 21.4. The van der Waals surface area contributed by atoms with E-state index in [0.717, 1.165) is 27.8 Å². The maximum Gasteiger partial charge on any atom is 0.410 e. The van der Waals surface area contributed by atoms with Gasteiger partial charge in [-0.3, -0.25) is 4.90 Å². The number of benzene rings is 5. The first-order chi connectivity index (χ1) is 24.5. The highest BCUT2D eigenvalue weighted by molar-refractivity contribution is 5.72. The number of aliphatic hydroxyl groups is 2. The van der Waals surface area contributed by atoms with Gasteiger partial charge >= 0.3 is 6.09 Å². The van der Waals surface area contributed by atoms with Gasteiger partial charge in [0.15, 0.2) is 6.10 Å². The van der Waals surface area contributed by atoms with Crippen LogP contribution in [0.15, 0.2) is 152 Å². The van der Waals surface area contributed by atoms with Gasteiger partial charge in [0, 0.05) is 0 Å². The van der Waals surface area contributed by atoms with Gasteiger partial charge in [-0.15, -0.1) is 0 Å². The number of ether oxygens (including phenoxy) is 4. The molecule has 0 bridgehead atoms. The number of nitrogens with zero attached hydrogens (tertiary/aromatic N) is 1. The summed E-state index contributed by atoms with van der Waals surface area (Å²) in [5.41, 5.74) is 3.59. The van der Waals surface area contributed by atoms with E-state index in [0.29, 0.717) is 0 Å². The van der Waals surface area contributed by atoms with E-state index < -0.39 is 48.3 Å². The van der Waals surface area contributed by atoms with Crippen molar-refractivity contribution in [2.24, 2.45) is 0 Å². The summed E-state index contributed by atoms with van der Waals surface area (Å²) in [4.78, 5) is 14.5. The summed E-state index contributed by atoms with van der Waals surface area (Å²) >= 11 is 0. The molecule has 5 aromatic carbocycles. The van der Waals surface area contributed by atoms with Gasteiger partial charge in [-0.05, 0) is 27.8 Å². The summed E-state index contributed by atoms with van der Waals surface area (Å²) in [5, 5.41) is 21.7. The van der Waals surface area contributed by atoms with E-state index in [4.69, 9.17) is 18.9 Å². The number of carbonyl (C=O) groups excluding carboxylic acids is 1. The molecule has 2 N–H and O–H groups in total. The molecule has 256 valence electrons. The van der Waals surface area contributed by atoms with Crippen molar-refractivity contribution < 1.29 is 34.0 Å². The zero-order valence-corrected chi connectivity index (χ0v) is 27.6. The molecule has 6 atom stereocenters. The average Bonchev–Trinajstić information content (AvgIpc) is 3.66. The Morgan fingerprint density at radius 2 is 1.10 bits per heavy atom. The lowest BCUT2D eigenvalue weighted by atomic mass is 9.80. The Bertz CT molecular complexity index is 1700. The monoisotopic (exact) mass is 671 g/mol. The molecule has 5 aromatic rings. The number of aliphatic hydroxyl groups excluding tert-OH is 2. The van der Waals surface area contributed by atoms with Crippen molar-refractivity contribution in [1.82, 2.24) is 4.90 Å². The van der Waals surface area contributed by atoms with E-state index in [1.165, 1.54) is 4.90 Å². The molecular weight excluding hydrogens is 630 g/mol. The van der Waals surface area contributed by atoms with Gasteiger partial charge in [0.05, 0.1) is 32.5 Å². The van der Waals surface area contributed by atoms with Crippen molar-refractivity contribution in [2.75, 3.05) is 13.2 Å². The predicted molar refractivity (Wildman–Crippen MR) is 188 cm³/mol. The SMILES string of the molecule is O=C1O[C@@H]([C@H](OCc2ccccc2)[C@H](COC(c2ccccc2)(c2ccccc2)c2ccccc2)OCc2ccccc2)[C@H]2[C@H](O)[C@H](O)CN12. The first-order valence-corrected chi connectivity index (χ1v) is 17.0.